The van der Waals surface area contributed by atoms with Crippen LogP contribution in [-0.2, 0) is 13.1 Å². The number of amidine groups is 1. The van der Waals surface area contributed by atoms with Crippen molar-refractivity contribution >= 4 is 27.4 Å². The van der Waals surface area contributed by atoms with Crippen molar-refractivity contribution in [3.63, 3.8) is 0 Å². The summed E-state index contributed by atoms with van der Waals surface area (Å²) < 4.78 is 2.54. The standard InChI is InChI=1S/C31H27N2.BrH/c1-2-10-28(11-3-1)31-32(22-24-14-16-26-8-4-6-12-29(26)20-24)18-19-33(31)23-25-15-17-27-9-5-7-13-30(27)21-25;/h1-17,20-21H,18-19,22-23H2;1H/q+1;/p-1. The van der Waals surface area contributed by atoms with Crippen LogP contribution in [0.3, 0.4) is 0 Å². The van der Waals surface area contributed by atoms with Crippen molar-refractivity contribution in [3.05, 3.63) is 132 Å². The Kier molecular flexibility index (Phi) is 6.46. The summed E-state index contributed by atoms with van der Waals surface area (Å²) in [5, 5.41) is 5.22. The smallest absolute Gasteiger partial charge is 0.280 e. The minimum Gasteiger partial charge on any atom is -1.00 e. The maximum atomic E-state index is 2.54. The predicted octanol–water partition coefficient (Wildman–Crippen LogP) is 3.47. The molecule has 1 heterocycles. The molecule has 0 N–H and O–H groups in total. The Labute approximate surface area is 211 Å². The monoisotopic (exact) mass is 506 g/mol. The van der Waals surface area contributed by atoms with Gasteiger partial charge in [0.15, 0.2) is 0 Å². The van der Waals surface area contributed by atoms with Crippen molar-refractivity contribution in [2.45, 2.75) is 13.1 Å². The van der Waals surface area contributed by atoms with Gasteiger partial charge >= 0.3 is 0 Å². The number of fused-ring (bicyclic) bond motifs is 2. The van der Waals surface area contributed by atoms with Crippen LogP contribution in [0.5, 0.6) is 0 Å². The third kappa shape index (κ3) is 4.49. The van der Waals surface area contributed by atoms with Crippen molar-refractivity contribution in [2.24, 2.45) is 0 Å². The van der Waals surface area contributed by atoms with Gasteiger partial charge in [0.2, 0.25) is 0 Å². The average molecular weight is 507 g/mol. The maximum Gasteiger partial charge on any atom is 0.280 e. The van der Waals surface area contributed by atoms with Gasteiger partial charge in [0, 0.05) is 0 Å². The van der Waals surface area contributed by atoms with E-state index in [0.29, 0.717) is 0 Å². The zero-order valence-corrected chi connectivity index (χ0v) is 20.7. The molecule has 0 amide bonds. The van der Waals surface area contributed by atoms with E-state index in [2.05, 4.69) is 125 Å². The van der Waals surface area contributed by atoms with Crippen LogP contribution in [0.25, 0.3) is 21.5 Å². The molecular formula is C31H27BrN2. The van der Waals surface area contributed by atoms with Gasteiger partial charge < -0.3 is 17.0 Å². The molecule has 5 aromatic carbocycles. The SMILES string of the molecule is [Br-].c1ccc(C2=[N+](Cc3ccc4ccccc4c3)CCN2Cc2ccc3ccccc3c2)cc1. The van der Waals surface area contributed by atoms with Gasteiger partial charge in [-0.25, -0.2) is 0 Å². The van der Waals surface area contributed by atoms with E-state index >= 15 is 0 Å². The summed E-state index contributed by atoms with van der Waals surface area (Å²) in [5.74, 6) is 1.33. The number of benzene rings is 5. The van der Waals surface area contributed by atoms with Gasteiger partial charge in [0.1, 0.15) is 26.2 Å². The van der Waals surface area contributed by atoms with E-state index in [9.17, 15) is 0 Å². The van der Waals surface area contributed by atoms with Gasteiger partial charge in [-0.05, 0) is 56.9 Å². The number of hydrogen-bond acceptors (Lipinski definition) is 1. The lowest BCUT2D eigenvalue weighted by Crippen LogP contribution is -3.00. The summed E-state index contributed by atoms with van der Waals surface area (Å²) in [6.45, 7) is 3.90. The fourth-order valence-electron chi connectivity index (χ4n) is 5.03. The predicted molar refractivity (Wildman–Crippen MR) is 138 cm³/mol. The Hall–Kier alpha value is -3.43. The quantitative estimate of drug-likeness (QED) is 0.331. The summed E-state index contributed by atoms with van der Waals surface area (Å²) in [5.41, 5.74) is 4.00. The van der Waals surface area contributed by atoms with E-state index in [1.807, 2.05) is 0 Å². The Morgan fingerprint density at radius 3 is 1.82 bits per heavy atom. The van der Waals surface area contributed by atoms with Crippen molar-refractivity contribution in [1.29, 1.82) is 0 Å². The van der Waals surface area contributed by atoms with Crippen LogP contribution in [0, 0.1) is 0 Å². The summed E-state index contributed by atoms with van der Waals surface area (Å²) in [6.07, 6.45) is 0. The van der Waals surface area contributed by atoms with E-state index in [1.165, 1.54) is 44.1 Å². The van der Waals surface area contributed by atoms with E-state index in [-0.39, 0.29) is 17.0 Å². The Bertz CT molecular complexity index is 1470. The fraction of sp³-hybridized carbons (Fsp3) is 0.129. The summed E-state index contributed by atoms with van der Waals surface area (Å²) in [6, 6.07) is 41.8. The first-order valence-electron chi connectivity index (χ1n) is 11.7. The Balaban J connectivity index is 0.00000241. The van der Waals surface area contributed by atoms with Gasteiger partial charge in [0.05, 0.1) is 5.56 Å². The largest absolute Gasteiger partial charge is 1.00 e. The second kappa shape index (κ2) is 9.82. The fourth-order valence-corrected chi connectivity index (χ4v) is 5.03. The second-order valence-corrected chi connectivity index (χ2v) is 8.90. The molecule has 2 nitrogen and oxygen atoms in total. The van der Waals surface area contributed by atoms with Crippen molar-refractivity contribution in [3.8, 4) is 0 Å². The van der Waals surface area contributed by atoms with Gasteiger partial charge in [0.25, 0.3) is 5.84 Å². The second-order valence-electron chi connectivity index (χ2n) is 8.90. The van der Waals surface area contributed by atoms with Crippen LogP contribution >= 0.6 is 0 Å². The molecule has 0 radical (unpaired) electrons. The molecule has 0 saturated carbocycles. The average Bonchev–Trinajstić information content (AvgIpc) is 3.26. The topological polar surface area (TPSA) is 6.25 Å². The highest BCUT2D eigenvalue weighted by molar-refractivity contribution is 5.95. The van der Waals surface area contributed by atoms with E-state index < -0.39 is 0 Å². The Morgan fingerprint density at radius 2 is 1.15 bits per heavy atom. The van der Waals surface area contributed by atoms with Crippen LogP contribution in [0.4, 0.5) is 0 Å². The van der Waals surface area contributed by atoms with Gasteiger partial charge in [-0.15, -0.1) is 0 Å². The zero-order chi connectivity index (χ0) is 22.0. The van der Waals surface area contributed by atoms with Crippen LogP contribution in [0.2, 0.25) is 0 Å². The zero-order valence-electron chi connectivity index (χ0n) is 19.1. The van der Waals surface area contributed by atoms with Crippen molar-refractivity contribution < 1.29 is 21.6 Å². The molecule has 5 aromatic rings. The molecule has 168 valence electrons. The first-order chi connectivity index (χ1) is 16.3. The molecule has 0 saturated heterocycles. The molecule has 34 heavy (non-hydrogen) atoms. The van der Waals surface area contributed by atoms with Gasteiger partial charge in [-0.2, -0.15) is 0 Å². The lowest BCUT2D eigenvalue weighted by atomic mass is 10.1. The molecule has 0 atom stereocenters. The lowest BCUT2D eigenvalue weighted by Gasteiger charge is -2.15. The van der Waals surface area contributed by atoms with Gasteiger partial charge in [-0.1, -0.05) is 91.0 Å². The maximum absolute atomic E-state index is 2.54. The molecular weight excluding hydrogens is 480 g/mol. The molecule has 6 rings (SSSR count). The summed E-state index contributed by atoms with van der Waals surface area (Å²) >= 11 is 0. The van der Waals surface area contributed by atoms with E-state index in [1.54, 1.807) is 0 Å². The van der Waals surface area contributed by atoms with E-state index in [0.717, 1.165) is 26.2 Å². The van der Waals surface area contributed by atoms with Crippen molar-refractivity contribution in [1.82, 2.24) is 4.90 Å². The first-order valence-corrected chi connectivity index (χ1v) is 11.7. The van der Waals surface area contributed by atoms with Crippen molar-refractivity contribution in [2.75, 3.05) is 13.1 Å². The highest BCUT2D eigenvalue weighted by Crippen LogP contribution is 2.22. The Morgan fingerprint density at radius 1 is 0.588 bits per heavy atom. The molecule has 0 fully saturated rings. The molecule has 0 unspecified atom stereocenters. The minimum atomic E-state index is 0. The van der Waals surface area contributed by atoms with Crippen LogP contribution in [0.15, 0.2) is 115 Å². The van der Waals surface area contributed by atoms with Crippen LogP contribution in [-0.4, -0.2) is 28.4 Å². The van der Waals surface area contributed by atoms with E-state index in [4.69, 9.17) is 0 Å². The number of hydrogen-bond donors (Lipinski definition) is 0. The third-order valence-corrected chi connectivity index (χ3v) is 6.65. The first kappa shape index (κ1) is 22.4. The highest BCUT2D eigenvalue weighted by atomic mass is 79.9. The van der Waals surface area contributed by atoms with Gasteiger partial charge in [-0.3, -0.25) is 9.48 Å². The molecule has 0 aliphatic carbocycles. The number of rotatable bonds is 5. The molecule has 0 bridgehead atoms. The number of halogens is 1. The lowest BCUT2D eigenvalue weighted by molar-refractivity contribution is -0.533. The summed E-state index contributed by atoms with van der Waals surface area (Å²) in [7, 11) is 0. The molecule has 0 aromatic heterocycles. The van der Waals surface area contributed by atoms with Crippen LogP contribution < -0.4 is 17.0 Å². The summed E-state index contributed by atoms with van der Waals surface area (Å²) in [4.78, 5) is 2.54. The third-order valence-electron chi connectivity index (χ3n) is 6.65. The minimum absolute atomic E-state index is 0. The van der Waals surface area contributed by atoms with Crippen LogP contribution in [0.1, 0.15) is 16.7 Å². The molecule has 3 heteroatoms. The molecule has 1 aliphatic heterocycles. The highest BCUT2D eigenvalue weighted by Gasteiger charge is 2.32. The number of nitrogens with zero attached hydrogens (tertiary/aromatic N) is 2. The molecule has 0 spiro atoms. The molecule has 1 aliphatic rings. The normalized spacial score (nSPS) is 13.5.